The van der Waals surface area contributed by atoms with E-state index in [2.05, 4.69) is 0 Å². The quantitative estimate of drug-likeness (QED) is 0.647. The zero-order chi connectivity index (χ0) is 15.8. The second kappa shape index (κ2) is 6.07. The first-order chi connectivity index (χ1) is 9.60. The molecule has 0 saturated carbocycles. The normalized spacial score (nSPS) is 31.4. The zero-order valence-corrected chi connectivity index (χ0v) is 13.8. The van der Waals surface area contributed by atoms with Gasteiger partial charge in [-0.05, 0) is 13.8 Å². The predicted octanol–water partition coefficient (Wildman–Crippen LogP) is -1.84. The van der Waals surface area contributed by atoms with Crippen LogP contribution in [0, 0.1) is 0 Å². The van der Waals surface area contributed by atoms with E-state index in [1.807, 2.05) is 13.8 Å². The molecule has 2 rings (SSSR count). The van der Waals surface area contributed by atoms with Crippen LogP contribution in [0.4, 0.5) is 0 Å². The number of piperazine rings is 1. The van der Waals surface area contributed by atoms with Crippen molar-refractivity contribution in [1.29, 1.82) is 0 Å². The molecule has 2 atom stereocenters. The summed E-state index contributed by atoms with van der Waals surface area (Å²) in [5.74, 6) is 0. The van der Waals surface area contributed by atoms with E-state index in [4.69, 9.17) is 9.88 Å². The summed E-state index contributed by atoms with van der Waals surface area (Å²) in [6.07, 6.45) is -0.316. The summed E-state index contributed by atoms with van der Waals surface area (Å²) in [5, 5.41) is 5.05. The summed E-state index contributed by atoms with van der Waals surface area (Å²) in [4.78, 5) is 0. The first kappa shape index (κ1) is 17.1. The van der Waals surface area contributed by atoms with Gasteiger partial charge < -0.3 is 4.74 Å². The molecule has 0 bridgehead atoms. The molecule has 2 N–H and O–H groups in total. The molecule has 0 spiro atoms. The molecule has 0 aromatic carbocycles. The van der Waals surface area contributed by atoms with Gasteiger partial charge in [-0.2, -0.15) is 29.8 Å². The van der Waals surface area contributed by atoms with E-state index in [1.54, 1.807) is 0 Å². The van der Waals surface area contributed by atoms with E-state index in [1.165, 1.54) is 8.61 Å². The van der Waals surface area contributed by atoms with Crippen LogP contribution in [-0.4, -0.2) is 81.2 Å². The molecule has 0 aliphatic carbocycles. The number of rotatable bonds is 3. The fourth-order valence-corrected chi connectivity index (χ4v) is 5.06. The summed E-state index contributed by atoms with van der Waals surface area (Å²) in [6, 6.07) is 0. The van der Waals surface area contributed by atoms with E-state index in [0.717, 1.165) is 4.31 Å². The third kappa shape index (κ3) is 3.92. The van der Waals surface area contributed by atoms with Crippen molar-refractivity contribution in [3.63, 3.8) is 0 Å². The van der Waals surface area contributed by atoms with Gasteiger partial charge in [0.15, 0.2) is 0 Å². The Labute approximate surface area is 126 Å². The number of nitrogens with two attached hydrogens (primary N) is 1. The Bertz CT molecular complexity index is 560. The van der Waals surface area contributed by atoms with Gasteiger partial charge in [0.1, 0.15) is 0 Å². The highest BCUT2D eigenvalue weighted by molar-refractivity contribution is 7.87. The lowest BCUT2D eigenvalue weighted by Crippen LogP contribution is -2.58. The van der Waals surface area contributed by atoms with Crippen LogP contribution >= 0.6 is 0 Å². The van der Waals surface area contributed by atoms with E-state index >= 15 is 0 Å². The smallest absolute Gasteiger partial charge is 0.282 e. The van der Waals surface area contributed by atoms with Crippen molar-refractivity contribution in [2.24, 2.45) is 5.14 Å². The van der Waals surface area contributed by atoms with Crippen molar-refractivity contribution in [1.82, 2.24) is 12.9 Å². The van der Waals surface area contributed by atoms with Gasteiger partial charge in [-0.15, -0.1) is 0 Å². The molecular weight excluding hydrogens is 320 g/mol. The molecule has 11 heteroatoms. The lowest BCUT2D eigenvalue weighted by Gasteiger charge is -2.39. The number of nitrogens with zero attached hydrogens (tertiary/aromatic N) is 3. The molecule has 2 aliphatic rings. The van der Waals surface area contributed by atoms with Crippen LogP contribution in [0.1, 0.15) is 13.8 Å². The molecule has 2 fully saturated rings. The van der Waals surface area contributed by atoms with Gasteiger partial charge >= 0.3 is 0 Å². The summed E-state index contributed by atoms with van der Waals surface area (Å²) < 4.78 is 57.0. The van der Waals surface area contributed by atoms with Crippen molar-refractivity contribution in [2.45, 2.75) is 26.1 Å². The third-order valence-electron chi connectivity index (χ3n) is 3.60. The highest BCUT2D eigenvalue weighted by Crippen LogP contribution is 2.19. The Morgan fingerprint density at radius 3 is 1.71 bits per heavy atom. The molecule has 0 aromatic rings. The maximum Gasteiger partial charge on any atom is 0.282 e. The molecule has 9 nitrogen and oxygen atoms in total. The largest absolute Gasteiger partial charge is 0.373 e. The maximum atomic E-state index is 12.6. The summed E-state index contributed by atoms with van der Waals surface area (Å²) in [7, 11) is -7.35. The van der Waals surface area contributed by atoms with Crippen LogP contribution in [0.3, 0.4) is 0 Å². The van der Waals surface area contributed by atoms with Gasteiger partial charge in [-0.1, -0.05) is 0 Å². The Kier molecular flexibility index (Phi) is 4.93. The van der Waals surface area contributed by atoms with E-state index < -0.39 is 20.4 Å². The van der Waals surface area contributed by atoms with Crippen LogP contribution in [0.5, 0.6) is 0 Å². The molecule has 2 saturated heterocycles. The first-order valence-corrected chi connectivity index (χ1v) is 9.69. The number of hydrogen-bond acceptors (Lipinski definition) is 5. The van der Waals surface area contributed by atoms with Crippen molar-refractivity contribution >= 4 is 20.4 Å². The fourth-order valence-electron chi connectivity index (χ4n) is 2.64. The van der Waals surface area contributed by atoms with Crippen LogP contribution in [0.2, 0.25) is 0 Å². The predicted molar refractivity (Wildman–Crippen MR) is 76.8 cm³/mol. The Balaban J connectivity index is 2.05. The standard InChI is InChI=1S/C10H22N4O5S2/c1-9-7-14(8-10(2)19-9)21(17,18)13-5-3-12(4-6-13)20(11,15)16/h9-10H,3-8H2,1-2H3,(H2,11,15,16)/t9-,10-/m0/s1. The van der Waals surface area contributed by atoms with Gasteiger partial charge in [0.05, 0.1) is 12.2 Å². The summed E-state index contributed by atoms with van der Waals surface area (Å²) in [5.41, 5.74) is 0. The van der Waals surface area contributed by atoms with E-state index in [-0.39, 0.29) is 38.4 Å². The molecule has 0 amide bonds. The maximum absolute atomic E-state index is 12.6. The SMILES string of the molecule is C[C@H]1CN(S(=O)(=O)N2CCN(S(N)(=O)=O)CC2)C[C@H](C)O1. The minimum Gasteiger partial charge on any atom is -0.373 e. The average Bonchev–Trinajstić information content (AvgIpc) is 2.36. The molecular formula is C10H22N4O5S2. The van der Waals surface area contributed by atoms with Crippen molar-refractivity contribution in [3.8, 4) is 0 Å². The zero-order valence-electron chi connectivity index (χ0n) is 12.2. The Morgan fingerprint density at radius 1 is 0.857 bits per heavy atom. The van der Waals surface area contributed by atoms with Gasteiger partial charge in [-0.3, -0.25) is 0 Å². The molecule has 2 aliphatic heterocycles. The number of morpholine rings is 1. The number of ether oxygens (including phenoxy) is 1. The second-order valence-corrected chi connectivity index (χ2v) is 8.90. The van der Waals surface area contributed by atoms with Gasteiger partial charge in [0, 0.05) is 39.3 Å². The summed E-state index contributed by atoms with van der Waals surface area (Å²) >= 11 is 0. The first-order valence-electron chi connectivity index (χ1n) is 6.79. The molecule has 2 heterocycles. The van der Waals surface area contributed by atoms with Crippen molar-refractivity contribution in [3.05, 3.63) is 0 Å². The van der Waals surface area contributed by atoms with E-state index in [9.17, 15) is 16.8 Å². The lowest BCUT2D eigenvalue weighted by molar-refractivity contribution is -0.0456. The van der Waals surface area contributed by atoms with Crippen LogP contribution < -0.4 is 5.14 Å². The van der Waals surface area contributed by atoms with Crippen LogP contribution in [0.25, 0.3) is 0 Å². The topological polar surface area (TPSA) is 113 Å². The van der Waals surface area contributed by atoms with E-state index in [0.29, 0.717) is 13.1 Å². The fraction of sp³-hybridized carbons (Fsp3) is 1.00. The van der Waals surface area contributed by atoms with Crippen molar-refractivity contribution < 1.29 is 21.6 Å². The highest BCUT2D eigenvalue weighted by atomic mass is 32.2. The lowest BCUT2D eigenvalue weighted by atomic mass is 10.3. The Morgan fingerprint density at radius 2 is 1.29 bits per heavy atom. The van der Waals surface area contributed by atoms with Gasteiger partial charge in [0.2, 0.25) is 0 Å². The van der Waals surface area contributed by atoms with Gasteiger partial charge in [0.25, 0.3) is 20.4 Å². The van der Waals surface area contributed by atoms with Crippen LogP contribution in [0.15, 0.2) is 0 Å². The van der Waals surface area contributed by atoms with Gasteiger partial charge in [-0.25, -0.2) is 5.14 Å². The average molecular weight is 342 g/mol. The highest BCUT2D eigenvalue weighted by Gasteiger charge is 2.37. The molecule has 0 aromatic heterocycles. The molecule has 124 valence electrons. The Hall–Kier alpha value is -0.300. The minimum atomic E-state index is -3.76. The monoisotopic (exact) mass is 342 g/mol. The third-order valence-corrected chi connectivity index (χ3v) is 6.65. The van der Waals surface area contributed by atoms with Crippen LogP contribution in [-0.2, 0) is 25.2 Å². The van der Waals surface area contributed by atoms with Crippen molar-refractivity contribution in [2.75, 3.05) is 39.3 Å². The molecule has 21 heavy (non-hydrogen) atoms. The molecule has 0 unspecified atom stereocenters. The molecule has 0 radical (unpaired) electrons. The number of hydrogen-bond donors (Lipinski definition) is 1. The second-order valence-electron chi connectivity index (χ2n) is 5.43. The summed E-state index contributed by atoms with van der Waals surface area (Å²) in [6.45, 7) is 4.65. The minimum absolute atomic E-state index is 0.0769.